The van der Waals surface area contributed by atoms with Gasteiger partial charge >= 0.3 is 5.97 Å². The zero-order chi connectivity index (χ0) is 27.7. The fraction of sp³-hybridized carbons (Fsp3) is 0. The third-order valence-electron chi connectivity index (χ3n) is 5.51. The molecule has 0 aliphatic carbocycles. The van der Waals surface area contributed by atoms with Crippen LogP contribution >= 0.6 is 66.7 Å². The summed E-state index contributed by atoms with van der Waals surface area (Å²) in [5, 5.41) is 5.89. The lowest BCUT2D eigenvalue weighted by atomic mass is 10.0. The van der Waals surface area contributed by atoms with Gasteiger partial charge in [0.15, 0.2) is 5.75 Å². The van der Waals surface area contributed by atoms with Crippen molar-refractivity contribution in [1.29, 1.82) is 0 Å². The summed E-state index contributed by atoms with van der Waals surface area (Å²) in [6.45, 7) is 0. The molecule has 39 heavy (non-hydrogen) atoms. The van der Waals surface area contributed by atoms with Gasteiger partial charge in [0.2, 0.25) is 5.76 Å². The molecule has 2 heterocycles. The van der Waals surface area contributed by atoms with Crippen LogP contribution in [-0.2, 0) is 0 Å². The van der Waals surface area contributed by atoms with Crippen LogP contribution in [0.2, 0.25) is 15.1 Å². The van der Waals surface area contributed by atoms with Crippen molar-refractivity contribution in [2.45, 2.75) is 0 Å². The number of nitrogens with zero attached hydrogens (tertiary/aromatic N) is 1. The van der Waals surface area contributed by atoms with Crippen LogP contribution in [-0.4, -0.2) is 23.1 Å². The van der Waals surface area contributed by atoms with Crippen molar-refractivity contribution in [3.8, 4) is 16.9 Å². The minimum absolute atomic E-state index is 0.0330. The summed E-state index contributed by atoms with van der Waals surface area (Å²) < 4.78 is 11.8. The number of furan rings is 1. The van der Waals surface area contributed by atoms with Crippen LogP contribution in [0.4, 0.5) is 0 Å². The molecule has 0 aliphatic rings. The zero-order valence-corrected chi connectivity index (χ0v) is 24.8. The Morgan fingerprint density at radius 3 is 2.54 bits per heavy atom. The Kier molecular flexibility index (Phi) is 8.16. The second kappa shape index (κ2) is 11.6. The van der Waals surface area contributed by atoms with Gasteiger partial charge in [-0.1, -0.05) is 68.9 Å². The molecule has 196 valence electrons. The van der Waals surface area contributed by atoms with E-state index in [1.807, 2.05) is 0 Å². The Morgan fingerprint density at radius 2 is 1.79 bits per heavy atom. The average Bonchev–Trinajstić information content (AvgIpc) is 3.55. The van der Waals surface area contributed by atoms with E-state index in [9.17, 15) is 9.59 Å². The molecule has 0 radical (unpaired) electrons. The Bertz CT molecular complexity index is 1770. The summed E-state index contributed by atoms with van der Waals surface area (Å²) in [6, 6.07) is 16.8. The molecule has 1 amide bonds. The van der Waals surface area contributed by atoms with Crippen LogP contribution in [0.5, 0.6) is 5.75 Å². The minimum Gasteiger partial charge on any atom is -0.457 e. The first-order valence-corrected chi connectivity index (χ1v) is 13.8. The number of esters is 1. The van der Waals surface area contributed by atoms with Crippen LogP contribution in [0.3, 0.4) is 0 Å². The van der Waals surface area contributed by atoms with E-state index in [0.717, 1.165) is 0 Å². The first-order chi connectivity index (χ1) is 18.7. The topological polar surface area (TPSA) is 96.7 Å². The number of carbonyl (C=O) groups excluding carboxylic acids is 2. The number of H-pyrrole nitrogens is 1. The maximum atomic E-state index is 13.4. The van der Waals surface area contributed by atoms with Gasteiger partial charge in [0.05, 0.1) is 22.0 Å². The molecular weight excluding hydrogens is 696 g/mol. The Morgan fingerprint density at radius 1 is 1.00 bits per heavy atom. The summed E-state index contributed by atoms with van der Waals surface area (Å²) in [6.07, 6.45) is 2.72. The second-order valence-electron chi connectivity index (χ2n) is 8.04. The number of carbonyl (C=O) groups is 2. The number of aromatic nitrogens is 1. The largest absolute Gasteiger partial charge is 0.457 e. The van der Waals surface area contributed by atoms with Gasteiger partial charge in [-0.25, -0.2) is 10.2 Å². The van der Waals surface area contributed by atoms with E-state index in [-0.39, 0.29) is 17.2 Å². The van der Waals surface area contributed by atoms with Gasteiger partial charge < -0.3 is 14.1 Å². The van der Waals surface area contributed by atoms with Crippen LogP contribution in [0, 0.1) is 0 Å². The minimum atomic E-state index is -0.695. The molecule has 0 unspecified atom stereocenters. The van der Waals surface area contributed by atoms with Crippen molar-refractivity contribution in [3.05, 3.63) is 108 Å². The Balaban J connectivity index is 1.49. The normalized spacial score (nSPS) is 11.3. The first kappa shape index (κ1) is 27.5. The maximum Gasteiger partial charge on any atom is 0.379 e. The van der Waals surface area contributed by atoms with Crippen molar-refractivity contribution in [1.82, 2.24) is 10.4 Å². The van der Waals surface area contributed by atoms with Crippen molar-refractivity contribution in [2.75, 3.05) is 0 Å². The van der Waals surface area contributed by atoms with Gasteiger partial charge in [0, 0.05) is 42.1 Å². The number of fused-ring (bicyclic) bond motifs is 1. The van der Waals surface area contributed by atoms with E-state index in [1.54, 1.807) is 54.6 Å². The van der Waals surface area contributed by atoms with Gasteiger partial charge in [-0.05, 0) is 58.4 Å². The van der Waals surface area contributed by atoms with Crippen molar-refractivity contribution < 1.29 is 18.7 Å². The molecule has 7 nitrogen and oxygen atoms in total. The summed E-state index contributed by atoms with van der Waals surface area (Å²) >= 11 is 26.0. The van der Waals surface area contributed by atoms with E-state index in [4.69, 9.17) is 44.0 Å². The van der Waals surface area contributed by atoms with Crippen molar-refractivity contribution >= 4 is 95.7 Å². The lowest BCUT2D eigenvalue weighted by molar-refractivity contribution is 0.0699. The van der Waals surface area contributed by atoms with Crippen LogP contribution in [0.15, 0.2) is 85.4 Å². The number of nitrogens with one attached hydrogen (secondary N) is 2. The monoisotopic (exact) mass is 707 g/mol. The Hall–Kier alpha value is -3.08. The molecule has 0 saturated carbocycles. The van der Waals surface area contributed by atoms with E-state index < -0.39 is 11.9 Å². The fourth-order valence-electron chi connectivity index (χ4n) is 3.89. The highest BCUT2D eigenvalue weighted by Gasteiger charge is 2.23. The summed E-state index contributed by atoms with van der Waals surface area (Å²) in [4.78, 5) is 28.9. The highest BCUT2D eigenvalue weighted by Crippen LogP contribution is 2.41. The molecule has 5 aromatic rings. The number of rotatable bonds is 6. The lowest BCUT2D eigenvalue weighted by Gasteiger charge is -2.10. The molecule has 5 rings (SSSR count). The lowest BCUT2D eigenvalue weighted by Crippen LogP contribution is -2.19. The number of hydrazone groups is 1. The van der Waals surface area contributed by atoms with Crippen LogP contribution in [0.25, 0.3) is 22.0 Å². The average molecular weight is 711 g/mol. The Labute approximate surface area is 253 Å². The molecule has 0 fully saturated rings. The molecule has 0 saturated heterocycles. The standard InChI is InChI=1S/C27H14Br2Cl3N3O4/c28-14-8-13(25(17(29)9-14)39-27(37)21-6-3-7-38-21)12-33-35-26(36)24-22(16-4-1-2-5-18(16)31)23-19(32)10-15(30)11-20(23)34-24/h1-12,34H,(H,35,36). The predicted molar refractivity (Wildman–Crippen MR) is 159 cm³/mol. The fourth-order valence-corrected chi connectivity index (χ4v) is 6.05. The SMILES string of the molecule is O=C(Oc1c(Br)cc(Br)cc1C=NNC(=O)c1[nH]c2cc(Cl)cc(Cl)c2c1-c1ccccc1Cl)c1ccco1. The van der Waals surface area contributed by atoms with Crippen molar-refractivity contribution in [3.63, 3.8) is 0 Å². The number of benzene rings is 3. The van der Waals surface area contributed by atoms with E-state index >= 15 is 0 Å². The predicted octanol–water partition coefficient (Wildman–Crippen LogP) is 8.90. The number of hydrogen-bond donors (Lipinski definition) is 2. The van der Waals surface area contributed by atoms with E-state index in [2.05, 4.69) is 47.4 Å². The van der Waals surface area contributed by atoms with E-state index in [0.29, 0.717) is 51.6 Å². The van der Waals surface area contributed by atoms with E-state index in [1.165, 1.54) is 18.5 Å². The number of halogens is 5. The van der Waals surface area contributed by atoms with Gasteiger partial charge in [-0.2, -0.15) is 5.10 Å². The third kappa shape index (κ3) is 5.78. The number of ether oxygens (including phenoxy) is 1. The van der Waals surface area contributed by atoms with Gasteiger partial charge in [-0.15, -0.1) is 0 Å². The van der Waals surface area contributed by atoms with Gasteiger partial charge in [-0.3, -0.25) is 4.79 Å². The smallest absolute Gasteiger partial charge is 0.379 e. The number of amides is 1. The molecule has 0 atom stereocenters. The first-order valence-electron chi connectivity index (χ1n) is 11.1. The molecule has 2 aromatic heterocycles. The summed E-state index contributed by atoms with van der Waals surface area (Å²) in [5.74, 6) is -1.04. The maximum absolute atomic E-state index is 13.4. The molecule has 12 heteroatoms. The highest BCUT2D eigenvalue weighted by atomic mass is 79.9. The van der Waals surface area contributed by atoms with Crippen LogP contribution < -0.4 is 10.2 Å². The zero-order valence-electron chi connectivity index (χ0n) is 19.4. The highest BCUT2D eigenvalue weighted by molar-refractivity contribution is 9.11. The van der Waals surface area contributed by atoms with Gasteiger partial charge in [0.1, 0.15) is 5.69 Å². The van der Waals surface area contributed by atoms with Crippen LogP contribution in [0.1, 0.15) is 26.6 Å². The second-order valence-corrected chi connectivity index (χ2v) is 11.1. The summed E-state index contributed by atoms with van der Waals surface area (Å²) in [5.41, 5.74) is 4.75. The summed E-state index contributed by atoms with van der Waals surface area (Å²) in [7, 11) is 0. The molecule has 0 aliphatic heterocycles. The molecule has 2 N–H and O–H groups in total. The molecule has 0 bridgehead atoms. The number of hydrogen-bond acceptors (Lipinski definition) is 5. The van der Waals surface area contributed by atoms with Crippen molar-refractivity contribution in [2.24, 2.45) is 5.10 Å². The third-order valence-corrected chi connectivity index (χ3v) is 7.40. The molecule has 3 aromatic carbocycles. The quantitative estimate of drug-likeness (QED) is 0.0797. The molecular formula is C27H14Br2Cl3N3O4. The number of aromatic amines is 1. The molecule has 0 spiro atoms. The van der Waals surface area contributed by atoms with Gasteiger partial charge in [0.25, 0.3) is 5.91 Å².